The number of anilines is 2. The molecule has 0 spiro atoms. The van der Waals surface area contributed by atoms with Gasteiger partial charge in [-0.3, -0.25) is 0 Å². The molecule has 0 aliphatic carbocycles. The van der Waals surface area contributed by atoms with Crippen molar-refractivity contribution in [3.05, 3.63) is 12.4 Å². The highest BCUT2D eigenvalue weighted by Gasteiger charge is 2.11. The van der Waals surface area contributed by atoms with Crippen molar-refractivity contribution in [2.24, 2.45) is 0 Å². The van der Waals surface area contributed by atoms with Gasteiger partial charge in [-0.05, 0) is 0 Å². The Morgan fingerprint density at radius 3 is 2.47 bits per heavy atom. The van der Waals surface area contributed by atoms with Gasteiger partial charge in [0.05, 0.1) is 0 Å². The fraction of sp³-hybridized carbons (Fsp3) is 0.500. The Balaban J connectivity index is 0.000000980. The second kappa shape index (κ2) is 6.66. The molecule has 2 rings (SSSR count). The van der Waals surface area contributed by atoms with Crippen LogP contribution in [0.2, 0.25) is 0 Å². The zero-order valence-corrected chi connectivity index (χ0v) is 9.85. The van der Waals surface area contributed by atoms with Crippen LogP contribution in [0.25, 0.3) is 0 Å². The summed E-state index contributed by atoms with van der Waals surface area (Å²) >= 11 is 0. The summed E-state index contributed by atoms with van der Waals surface area (Å²) in [5.74, 6) is 1.46. The summed E-state index contributed by atoms with van der Waals surface area (Å²) in [6.07, 6.45) is 1.51. The predicted molar refractivity (Wildman–Crippen MR) is 66.0 cm³/mol. The summed E-state index contributed by atoms with van der Waals surface area (Å²) in [5, 5.41) is 3.28. The number of hydrogen-bond donors (Lipinski definition) is 2. The highest BCUT2D eigenvalue weighted by atomic mass is 35.5. The minimum Gasteiger partial charge on any atom is -0.384 e. The van der Waals surface area contributed by atoms with Gasteiger partial charge in [0.25, 0.3) is 0 Å². The van der Waals surface area contributed by atoms with Crippen molar-refractivity contribution in [1.29, 1.82) is 0 Å². The summed E-state index contributed by atoms with van der Waals surface area (Å²) in [5.41, 5.74) is 5.57. The van der Waals surface area contributed by atoms with Gasteiger partial charge in [0.1, 0.15) is 18.0 Å². The molecule has 0 aromatic carbocycles. The van der Waals surface area contributed by atoms with Crippen LogP contribution in [0.4, 0.5) is 11.6 Å². The Kier molecular flexibility index (Phi) is 6.31. The molecule has 1 aliphatic heterocycles. The highest BCUT2D eigenvalue weighted by Crippen LogP contribution is 2.11. The van der Waals surface area contributed by atoms with Crippen molar-refractivity contribution >= 4 is 36.4 Å². The van der Waals surface area contributed by atoms with E-state index < -0.39 is 0 Å². The third kappa shape index (κ3) is 3.70. The maximum absolute atomic E-state index is 5.57. The molecule has 2 heterocycles. The molecule has 3 N–H and O–H groups in total. The lowest BCUT2D eigenvalue weighted by Crippen LogP contribution is -2.43. The van der Waals surface area contributed by atoms with Gasteiger partial charge in [0, 0.05) is 32.2 Å². The normalized spacial score (nSPS) is 15.1. The Hall–Kier alpha value is -0.780. The largest absolute Gasteiger partial charge is 0.384 e. The first-order chi connectivity index (χ1) is 6.36. The summed E-state index contributed by atoms with van der Waals surface area (Å²) < 4.78 is 0. The zero-order valence-electron chi connectivity index (χ0n) is 8.22. The second-order valence-electron chi connectivity index (χ2n) is 3.04. The molecule has 15 heavy (non-hydrogen) atoms. The zero-order chi connectivity index (χ0) is 9.10. The van der Waals surface area contributed by atoms with Crippen LogP contribution in [-0.4, -0.2) is 36.1 Å². The first-order valence-electron chi connectivity index (χ1n) is 4.39. The molecule has 86 valence electrons. The van der Waals surface area contributed by atoms with Gasteiger partial charge in [-0.15, -0.1) is 24.8 Å². The minimum atomic E-state index is 0. The molecule has 1 fully saturated rings. The standard InChI is InChI=1S/C8H13N5.2ClH/c9-7-5-8(12-6-11-7)13-3-1-10-2-4-13;;/h5-6,10H,1-4H2,(H2,9,11,12);2*1H. The van der Waals surface area contributed by atoms with E-state index in [1.165, 1.54) is 6.33 Å². The molecule has 0 saturated carbocycles. The molecule has 1 aliphatic rings. The number of nitrogen functional groups attached to an aromatic ring is 1. The van der Waals surface area contributed by atoms with Crippen LogP contribution in [0.3, 0.4) is 0 Å². The van der Waals surface area contributed by atoms with Gasteiger partial charge >= 0.3 is 0 Å². The number of nitrogens with one attached hydrogen (secondary N) is 1. The average molecular weight is 252 g/mol. The van der Waals surface area contributed by atoms with E-state index in [-0.39, 0.29) is 24.8 Å². The van der Waals surface area contributed by atoms with Gasteiger partial charge in [0.15, 0.2) is 0 Å². The van der Waals surface area contributed by atoms with Crippen LogP contribution in [0.5, 0.6) is 0 Å². The van der Waals surface area contributed by atoms with Crippen molar-refractivity contribution in [1.82, 2.24) is 15.3 Å². The lowest BCUT2D eigenvalue weighted by molar-refractivity contribution is 0.584. The molecular weight excluding hydrogens is 237 g/mol. The summed E-state index contributed by atoms with van der Waals surface area (Å²) in [4.78, 5) is 10.2. The van der Waals surface area contributed by atoms with E-state index in [1.807, 2.05) is 6.07 Å². The second-order valence-corrected chi connectivity index (χ2v) is 3.04. The van der Waals surface area contributed by atoms with Crippen molar-refractivity contribution < 1.29 is 0 Å². The van der Waals surface area contributed by atoms with Crippen LogP contribution in [0.1, 0.15) is 0 Å². The smallest absolute Gasteiger partial charge is 0.134 e. The number of piperazine rings is 1. The van der Waals surface area contributed by atoms with Crippen LogP contribution < -0.4 is 16.0 Å². The number of rotatable bonds is 1. The van der Waals surface area contributed by atoms with Crippen molar-refractivity contribution in [2.75, 3.05) is 36.8 Å². The van der Waals surface area contributed by atoms with E-state index >= 15 is 0 Å². The predicted octanol–water partition coefficient (Wildman–Crippen LogP) is 0.312. The number of halogens is 2. The van der Waals surface area contributed by atoms with Crippen LogP contribution in [-0.2, 0) is 0 Å². The van der Waals surface area contributed by atoms with E-state index in [2.05, 4.69) is 20.2 Å². The molecule has 1 aromatic heterocycles. The molecule has 0 amide bonds. The lowest BCUT2D eigenvalue weighted by atomic mass is 10.3. The summed E-state index contributed by atoms with van der Waals surface area (Å²) in [7, 11) is 0. The van der Waals surface area contributed by atoms with Gasteiger partial charge in [0.2, 0.25) is 0 Å². The molecule has 0 radical (unpaired) electrons. The Morgan fingerprint density at radius 1 is 1.20 bits per heavy atom. The first-order valence-corrected chi connectivity index (χ1v) is 4.39. The summed E-state index contributed by atoms with van der Waals surface area (Å²) in [6, 6.07) is 1.81. The molecule has 5 nitrogen and oxygen atoms in total. The van der Waals surface area contributed by atoms with Gasteiger partial charge in [-0.2, -0.15) is 0 Å². The highest BCUT2D eigenvalue weighted by molar-refractivity contribution is 5.85. The molecule has 0 atom stereocenters. The van der Waals surface area contributed by atoms with Crippen LogP contribution >= 0.6 is 24.8 Å². The molecule has 0 unspecified atom stereocenters. The Morgan fingerprint density at radius 2 is 1.87 bits per heavy atom. The van der Waals surface area contributed by atoms with Crippen LogP contribution in [0, 0.1) is 0 Å². The average Bonchev–Trinajstić information content (AvgIpc) is 2.19. The number of nitrogens with two attached hydrogens (primary N) is 1. The third-order valence-corrected chi connectivity index (χ3v) is 2.11. The molecule has 7 heteroatoms. The van der Waals surface area contributed by atoms with Crippen molar-refractivity contribution in [2.45, 2.75) is 0 Å². The number of hydrogen-bond acceptors (Lipinski definition) is 5. The number of nitrogens with zero attached hydrogens (tertiary/aromatic N) is 3. The van der Waals surface area contributed by atoms with Gasteiger partial charge in [-0.1, -0.05) is 0 Å². The van der Waals surface area contributed by atoms with Gasteiger partial charge in [-0.25, -0.2) is 9.97 Å². The Labute approximate surface area is 101 Å². The fourth-order valence-electron chi connectivity index (χ4n) is 1.43. The summed E-state index contributed by atoms with van der Waals surface area (Å²) in [6.45, 7) is 3.97. The lowest BCUT2D eigenvalue weighted by Gasteiger charge is -2.28. The molecular formula is C8H15Cl2N5. The maximum Gasteiger partial charge on any atom is 0.134 e. The maximum atomic E-state index is 5.57. The number of aromatic nitrogens is 2. The molecule has 1 aromatic rings. The Bertz CT molecular complexity index is 290. The van der Waals surface area contributed by atoms with Crippen LogP contribution in [0.15, 0.2) is 12.4 Å². The van der Waals surface area contributed by atoms with Gasteiger partial charge < -0.3 is 16.0 Å². The van der Waals surface area contributed by atoms with Crippen molar-refractivity contribution in [3.8, 4) is 0 Å². The third-order valence-electron chi connectivity index (χ3n) is 2.11. The SMILES string of the molecule is Cl.Cl.Nc1cc(N2CCNCC2)ncn1. The minimum absolute atomic E-state index is 0. The van der Waals surface area contributed by atoms with E-state index in [9.17, 15) is 0 Å². The quantitative estimate of drug-likeness (QED) is 0.753. The fourth-order valence-corrected chi connectivity index (χ4v) is 1.43. The van der Waals surface area contributed by atoms with E-state index in [0.29, 0.717) is 5.82 Å². The van der Waals surface area contributed by atoms with E-state index in [0.717, 1.165) is 32.0 Å². The van der Waals surface area contributed by atoms with E-state index in [4.69, 9.17) is 5.73 Å². The van der Waals surface area contributed by atoms with Crippen molar-refractivity contribution in [3.63, 3.8) is 0 Å². The van der Waals surface area contributed by atoms with E-state index in [1.54, 1.807) is 0 Å². The molecule has 1 saturated heterocycles. The topological polar surface area (TPSA) is 67.1 Å². The molecule has 0 bridgehead atoms. The first kappa shape index (κ1) is 14.2. The monoisotopic (exact) mass is 251 g/mol.